The Morgan fingerprint density at radius 3 is 2.83 bits per heavy atom. The van der Waals surface area contributed by atoms with Crippen molar-refractivity contribution in [3.8, 4) is 0 Å². The van der Waals surface area contributed by atoms with Crippen LogP contribution in [-0.2, 0) is 16.0 Å². The van der Waals surface area contributed by atoms with Crippen LogP contribution in [0.2, 0.25) is 0 Å². The summed E-state index contributed by atoms with van der Waals surface area (Å²) in [6, 6.07) is 1.49. The minimum absolute atomic E-state index is 0.185. The molecule has 0 fully saturated rings. The number of hydrogen-bond acceptors (Lipinski definition) is 5. The Bertz CT molecular complexity index is 459. The summed E-state index contributed by atoms with van der Waals surface area (Å²) in [7, 11) is 1.36. The summed E-state index contributed by atoms with van der Waals surface area (Å²) in [5.41, 5.74) is 0.569. The van der Waals surface area contributed by atoms with Gasteiger partial charge in [0.05, 0.1) is 7.11 Å². The molecule has 0 aliphatic rings. The van der Waals surface area contributed by atoms with E-state index in [9.17, 15) is 9.59 Å². The van der Waals surface area contributed by atoms with E-state index in [4.69, 9.17) is 4.74 Å². The summed E-state index contributed by atoms with van der Waals surface area (Å²) in [5.74, 6) is -0.300. The van der Waals surface area contributed by atoms with Crippen LogP contribution in [0, 0.1) is 0 Å². The molecule has 1 aromatic rings. The Balaban J connectivity index is 2.88. The second-order valence-electron chi connectivity index (χ2n) is 3.83. The van der Waals surface area contributed by atoms with Crippen molar-refractivity contribution in [2.24, 2.45) is 0 Å². The third-order valence-corrected chi connectivity index (χ3v) is 3.59. The Morgan fingerprint density at radius 1 is 1.56 bits per heavy atom. The molecule has 1 aromatic heterocycles. The number of ether oxygens (including phenoxy) is 1. The van der Waals surface area contributed by atoms with Gasteiger partial charge < -0.3 is 9.72 Å². The van der Waals surface area contributed by atoms with Gasteiger partial charge in [-0.15, -0.1) is 0 Å². The summed E-state index contributed by atoms with van der Waals surface area (Å²) in [6.45, 7) is 3.92. The first-order valence-electron chi connectivity index (χ1n) is 5.95. The highest BCUT2D eigenvalue weighted by Crippen LogP contribution is 2.22. The van der Waals surface area contributed by atoms with Crippen LogP contribution in [0.25, 0.3) is 0 Å². The maximum absolute atomic E-state index is 11.5. The largest absolute Gasteiger partial charge is 0.468 e. The van der Waals surface area contributed by atoms with Gasteiger partial charge in [0.1, 0.15) is 5.25 Å². The third kappa shape index (κ3) is 4.18. The van der Waals surface area contributed by atoms with Crippen LogP contribution in [0.1, 0.15) is 32.4 Å². The van der Waals surface area contributed by atoms with E-state index in [0.717, 1.165) is 18.5 Å². The first-order chi connectivity index (χ1) is 8.60. The van der Waals surface area contributed by atoms with E-state index in [-0.39, 0.29) is 16.8 Å². The summed E-state index contributed by atoms with van der Waals surface area (Å²) < 4.78 is 4.70. The minimum atomic E-state index is -0.338. The Hall–Kier alpha value is -1.30. The minimum Gasteiger partial charge on any atom is -0.468 e. The lowest BCUT2D eigenvalue weighted by atomic mass is 10.2. The first kappa shape index (κ1) is 14.8. The van der Waals surface area contributed by atoms with Gasteiger partial charge in [0.25, 0.3) is 5.56 Å². The number of esters is 1. The topological polar surface area (TPSA) is 72.0 Å². The number of carbonyl (C=O) groups is 1. The molecule has 6 heteroatoms. The zero-order chi connectivity index (χ0) is 13.5. The molecule has 1 rings (SSSR count). The number of rotatable bonds is 6. The van der Waals surface area contributed by atoms with E-state index in [1.807, 2.05) is 13.8 Å². The lowest BCUT2D eigenvalue weighted by Gasteiger charge is -2.11. The molecule has 0 aromatic carbocycles. The predicted molar refractivity (Wildman–Crippen MR) is 70.8 cm³/mol. The molecule has 0 saturated heterocycles. The van der Waals surface area contributed by atoms with Crippen molar-refractivity contribution in [3.05, 3.63) is 22.1 Å². The number of H-pyrrole nitrogens is 1. The van der Waals surface area contributed by atoms with Crippen LogP contribution in [-0.4, -0.2) is 28.3 Å². The zero-order valence-electron chi connectivity index (χ0n) is 10.9. The van der Waals surface area contributed by atoms with Gasteiger partial charge in [-0.3, -0.25) is 9.59 Å². The second-order valence-corrected chi connectivity index (χ2v) is 5.02. The molecule has 1 unspecified atom stereocenters. The fourth-order valence-electron chi connectivity index (χ4n) is 1.49. The molecule has 0 saturated carbocycles. The third-order valence-electron chi connectivity index (χ3n) is 2.37. The molecule has 0 amide bonds. The molecular formula is C12H18N2O3S. The summed E-state index contributed by atoms with van der Waals surface area (Å²) in [5, 5.41) is 0.137. The van der Waals surface area contributed by atoms with E-state index in [1.165, 1.54) is 24.9 Å². The molecule has 0 radical (unpaired) electrons. The number of carbonyl (C=O) groups excluding carboxylic acids is 1. The van der Waals surface area contributed by atoms with E-state index in [2.05, 4.69) is 9.97 Å². The standard InChI is InChI=1S/C12H18N2O3S/c1-4-6-8-7-10(15)14-12(13-8)18-9(5-2)11(16)17-3/h7,9H,4-6H2,1-3H3,(H,13,14,15). The van der Waals surface area contributed by atoms with Gasteiger partial charge in [0.2, 0.25) is 0 Å². The first-order valence-corrected chi connectivity index (χ1v) is 6.83. The van der Waals surface area contributed by atoms with Gasteiger partial charge in [0, 0.05) is 11.8 Å². The number of aromatic amines is 1. The van der Waals surface area contributed by atoms with Crippen LogP contribution >= 0.6 is 11.8 Å². The fraction of sp³-hybridized carbons (Fsp3) is 0.583. The number of aryl methyl sites for hydroxylation is 1. The molecule has 1 N–H and O–H groups in total. The summed E-state index contributed by atoms with van der Waals surface area (Å²) in [6.07, 6.45) is 2.31. The van der Waals surface area contributed by atoms with Gasteiger partial charge in [-0.25, -0.2) is 4.98 Å². The SMILES string of the molecule is CCCc1cc(=O)[nH]c(SC(CC)C(=O)OC)n1. The van der Waals surface area contributed by atoms with Crippen LogP contribution in [0.5, 0.6) is 0 Å². The van der Waals surface area contributed by atoms with Crippen molar-refractivity contribution in [2.75, 3.05) is 7.11 Å². The van der Waals surface area contributed by atoms with E-state index >= 15 is 0 Å². The maximum Gasteiger partial charge on any atom is 0.319 e. The maximum atomic E-state index is 11.5. The van der Waals surface area contributed by atoms with Crippen molar-refractivity contribution in [1.29, 1.82) is 0 Å². The average molecular weight is 270 g/mol. The number of nitrogens with zero attached hydrogens (tertiary/aromatic N) is 1. The van der Waals surface area contributed by atoms with Gasteiger partial charge in [-0.05, 0) is 12.8 Å². The summed E-state index contributed by atoms with van der Waals surface area (Å²) in [4.78, 5) is 29.9. The number of hydrogen-bond donors (Lipinski definition) is 1. The normalized spacial score (nSPS) is 12.2. The van der Waals surface area contributed by atoms with E-state index in [1.54, 1.807) is 0 Å². The van der Waals surface area contributed by atoms with Crippen LogP contribution < -0.4 is 5.56 Å². The molecule has 5 nitrogen and oxygen atoms in total. The molecule has 0 spiro atoms. The number of aromatic nitrogens is 2. The predicted octanol–water partition coefficient (Wildman–Crippen LogP) is 1.77. The van der Waals surface area contributed by atoms with Crippen LogP contribution in [0.15, 0.2) is 16.0 Å². The van der Waals surface area contributed by atoms with Gasteiger partial charge in [-0.1, -0.05) is 32.0 Å². The Morgan fingerprint density at radius 2 is 2.28 bits per heavy atom. The van der Waals surface area contributed by atoms with Gasteiger partial charge in [-0.2, -0.15) is 0 Å². The fourth-order valence-corrected chi connectivity index (χ4v) is 2.45. The quantitative estimate of drug-likeness (QED) is 0.484. The van der Waals surface area contributed by atoms with E-state index < -0.39 is 0 Å². The number of thioether (sulfide) groups is 1. The molecule has 100 valence electrons. The van der Waals surface area contributed by atoms with Gasteiger partial charge >= 0.3 is 5.97 Å². The van der Waals surface area contributed by atoms with E-state index in [0.29, 0.717) is 11.6 Å². The monoisotopic (exact) mass is 270 g/mol. The molecule has 0 aliphatic carbocycles. The van der Waals surface area contributed by atoms with Crippen molar-refractivity contribution in [3.63, 3.8) is 0 Å². The van der Waals surface area contributed by atoms with Crippen molar-refractivity contribution >= 4 is 17.7 Å². The zero-order valence-corrected chi connectivity index (χ0v) is 11.7. The van der Waals surface area contributed by atoms with Crippen molar-refractivity contribution < 1.29 is 9.53 Å². The molecule has 18 heavy (non-hydrogen) atoms. The molecule has 1 heterocycles. The van der Waals surface area contributed by atoms with Gasteiger partial charge in [0.15, 0.2) is 5.16 Å². The second kappa shape index (κ2) is 7.20. The smallest absolute Gasteiger partial charge is 0.319 e. The highest BCUT2D eigenvalue weighted by Gasteiger charge is 2.19. The lowest BCUT2D eigenvalue weighted by molar-refractivity contribution is -0.140. The molecule has 0 aliphatic heterocycles. The Kier molecular flexibility index (Phi) is 5.91. The number of methoxy groups -OCH3 is 1. The number of nitrogens with one attached hydrogen (secondary N) is 1. The highest BCUT2D eigenvalue weighted by molar-refractivity contribution is 8.00. The highest BCUT2D eigenvalue weighted by atomic mass is 32.2. The molecule has 0 bridgehead atoms. The van der Waals surface area contributed by atoms with Crippen LogP contribution in [0.4, 0.5) is 0 Å². The average Bonchev–Trinajstić information content (AvgIpc) is 2.34. The van der Waals surface area contributed by atoms with Crippen molar-refractivity contribution in [2.45, 2.75) is 43.5 Å². The lowest BCUT2D eigenvalue weighted by Crippen LogP contribution is -2.19. The molecular weight excluding hydrogens is 252 g/mol. The van der Waals surface area contributed by atoms with Crippen LogP contribution in [0.3, 0.4) is 0 Å². The van der Waals surface area contributed by atoms with Crippen molar-refractivity contribution in [1.82, 2.24) is 9.97 Å². The summed E-state index contributed by atoms with van der Waals surface area (Å²) >= 11 is 1.23. The molecule has 1 atom stereocenters. The Labute approximate surface area is 110 Å².